The van der Waals surface area contributed by atoms with Gasteiger partial charge in [0.1, 0.15) is 99.7 Å². The van der Waals surface area contributed by atoms with E-state index in [1.807, 2.05) is 6.92 Å². The first kappa shape index (κ1) is 74.6. The largest absolute Gasteiger partial charge is 0.508 e. The van der Waals surface area contributed by atoms with Crippen LogP contribution in [0.15, 0.2) is 148 Å². The minimum atomic E-state index is -1.44. The summed E-state index contributed by atoms with van der Waals surface area (Å²) in [7, 11) is 0. The number of anilines is 1. The number of thiazole rings is 6. The highest BCUT2D eigenvalue weighted by Crippen LogP contribution is 2.58. The first-order chi connectivity index (χ1) is 54.0. The van der Waals surface area contributed by atoms with Crippen LogP contribution in [0.25, 0.3) is 43.4 Å². The molecule has 5 aromatic carbocycles. The molecule has 1 saturated heterocycles. The van der Waals surface area contributed by atoms with Crippen LogP contribution < -0.4 is 31.7 Å². The number of thiocarbonyl (C=S) groups is 1. The highest BCUT2D eigenvalue weighted by Gasteiger charge is 2.54. The third kappa shape index (κ3) is 14.6. The molecule has 0 aliphatic carbocycles. The van der Waals surface area contributed by atoms with Gasteiger partial charge in [-0.1, -0.05) is 67.7 Å². The van der Waals surface area contributed by atoms with Crippen molar-refractivity contribution in [1.82, 2.24) is 55.7 Å². The topological polar surface area (TPSA) is 407 Å². The maximum absolute atomic E-state index is 15.3. The maximum Gasteiger partial charge on any atom is 0.340 e. The van der Waals surface area contributed by atoms with Gasteiger partial charge in [-0.3, -0.25) is 28.8 Å². The number of benzene rings is 5. The third-order valence-electron chi connectivity index (χ3n) is 19.7. The molecule has 5 amide bonds. The van der Waals surface area contributed by atoms with Crippen molar-refractivity contribution in [1.29, 1.82) is 0 Å². The number of rotatable bonds is 13. The number of ether oxygens (including phenoxy) is 2. The summed E-state index contributed by atoms with van der Waals surface area (Å²) >= 11 is 12.7. The van der Waals surface area contributed by atoms with Crippen LogP contribution in [-0.2, 0) is 26.3 Å². The number of ketones is 1. The fourth-order valence-corrected chi connectivity index (χ4v) is 19.8. The summed E-state index contributed by atoms with van der Waals surface area (Å²) in [6.07, 6.45) is -2.36. The van der Waals surface area contributed by atoms with Crippen LogP contribution in [-0.4, -0.2) is 137 Å². The molecule has 0 radical (unpaired) electrons. The second-order valence-electron chi connectivity index (χ2n) is 27.1. The number of phenols is 3. The number of pyridine rings is 1. The molecule has 4 aliphatic heterocycles. The summed E-state index contributed by atoms with van der Waals surface area (Å²) in [5.41, 5.74) is 9.66. The van der Waals surface area contributed by atoms with Gasteiger partial charge in [0.25, 0.3) is 17.7 Å². The molecule has 566 valence electrons. The summed E-state index contributed by atoms with van der Waals surface area (Å²) in [4.78, 5) is 136. The maximum atomic E-state index is 15.3. The molecule has 16 rings (SSSR count). The number of aromatic nitrogens is 7. The number of carbonyl (C=O) groups is 7. The van der Waals surface area contributed by atoms with Gasteiger partial charge in [-0.15, -0.1) is 68.0 Å². The van der Waals surface area contributed by atoms with Gasteiger partial charge < -0.3 is 66.9 Å². The summed E-state index contributed by atoms with van der Waals surface area (Å²) in [6, 6.07) is 29.4. The molecule has 7 atom stereocenters. The second-order valence-corrected chi connectivity index (χ2v) is 33.1. The Morgan fingerprint density at radius 3 is 2.06 bits per heavy atom. The lowest BCUT2D eigenvalue weighted by molar-refractivity contribution is -0.134. The van der Waals surface area contributed by atoms with E-state index in [0.717, 1.165) is 34.0 Å². The van der Waals surface area contributed by atoms with Crippen molar-refractivity contribution in [3.05, 3.63) is 224 Å². The van der Waals surface area contributed by atoms with E-state index >= 15 is 4.79 Å². The van der Waals surface area contributed by atoms with Crippen LogP contribution in [0.4, 0.5) is 5.69 Å². The summed E-state index contributed by atoms with van der Waals surface area (Å²) in [5, 5.41) is 76.9. The molecule has 10 bridgehead atoms. The number of esters is 1. The number of amides is 5. The number of nitrogens with zero attached hydrogens (tertiary/aromatic N) is 8. The van der Waals surface area contributed by atoms with E-state index in [2.05, 4.69) is 21.3 Å². The fraction of sp³-hybridized carbons (Fsp3) is 0.218. The number of aliphatic hydroxyl groups excluding tert-OH is 2. The number of aryl methyl sites for hydroxylation is 1. The van der Waals surface area contributed by atoms with Crippen molar-refractivity contribution in [2.45, 2.75) is 87.8 Å². The zero-order valence-corrected chi connectivity index (χ0v) is 64.6. The standard InChI is InChI=1S/C78H63N13O14S7/c1-35-58(96)29-91-65(35)75-89-56(34-111-75)73-85-52(30-109-73)64-43(17-21-49(82-64)72-88-53(31-110-72)67(99)80-22-6-9-62(106)81-39-12-18-46-44(24-39)77(103)105-78(46)47-19-15-41(93)25-59(47)104-60-26-42(94)16-20-48(60)78)70-86-54(32-107-70)68(100)83-50(28-61(79)97)74-90-63(36(2)112-74)57(95)27-45(66(98)38-7-4-3-5-8-38)71-87-55(33-108-71)69(101)84-51(76(91)102)23-37-10-13-40(92)14-11-37/h3-5,7-8,10-21,24-26,30-35,45,50-51,58,65-66,92-94,96,98H,6,9,22-23,27-29H2,1-2H3,(H2,79,97)(H,80,99)(H,81,106)(H,83,100)(H,84,101)/t35-,45-,50-,51-,58-,65-,66+/m0/s1. The van der Waals surface area contributed by atoms with Gasteiger partial charge in [-0.05, 0) is 91.6 Å². The number of carbonyl (C=O) groups excluding carboxylic acids is 7. The van der Waals surface area contributed by atoms with E-state index in [4.69, 9.17) is 62.3 Å². The van der Waals surface area contributed by atoms with Gasteiger partial charge in [-0.2, -0.15) is 0 Å². The molecule has 0 unspecified atom stereocenters. The van der Waals surface area contributed by atoms with E-state index in [0.29, 0.717) is 105 Å². The zero-order valence-electron chi connectivity index (χ0n) is 58.8. The Morgan fingerprint density at radius 2 is 1.31 bits per heavy atom. The van der Waals surface area contributed by atoms with Crippen molar-refractivity contribution in [3.63, 3.8) is 0 Å². The quantitative estimate of drug-likeness (QED) is 0.0291. The van der Waals surface area contributed by atoms with E-state index in [1.165, 1.54) is 86.1 Å². The van der Waals surface area contributed by atoms with Crippen LogP contribution >= 0.6 is 80.2 Å². The monoisotopic (exact) mass is 1630 g/mol. The fourth-order valence-electron chi connectivity index (χ4n) is 14.1. The lowest BCUT2D eigenvalue weighted by Gasteiger charge is -2.36. The van der Waals surface area contributed by atoms with Crippen molar-refractivity contribution in [2.75, 3.05) is 18.4 Å². The molecule has 34 heteroatoms. The number of Topliss-reactive ketones (excluding diaryl/α,β-unsaturated/α-hetero) is 1. The molecule has 7 aromatic heterocycles. The molecule has 12 aromatic rings. The average molecular weight is 1630 g/mol. The Kier molecular flexibility index (Phi) is 20.4. The Morgan fingerprint density at radius 1 is 0.670 bits per heavy atom. The number of hydrogen-bond acceptors (Lipinski definition) is 28. The lowest BCUT2D eigenvalue weighted by atomic mass is 9.77. The second kappa shape index (κ2) is 30.7. The Balaban J connectivity index is 0.676. The van der Waals surface area contributed by atoms with Gasteiger partial charge >= 0.3 is 5.97 Å². The van der Waals surface area contributed by atoms with Gasteiger partial charge in [0, 0.05) is 110 Å². The first-order valence-corrected chi connectivity index (χ1v) is 40.6. The van der Waals surface area contributed by atoms with Gasteiger partial charge in [0.05, 0.1) is 52.0 Å². The molecule has 11 N–H and O–H groups in total. The number of nitrogens with one attached hydrogen (secondary N) is 4. The lowest BCUT2D eigenvalue weighted by Crippen LogP contribution is -2.50. The predicted octanol–water partition coefficient (Wildman–Crippen LogP) is 12.1. The highest BCUT2D eigenvalue weighted by molar-refractivity contribution is 7.80. The van der Waals surface area contributed by atoms with E-state index in [1.54, 1.807) is 108 Å². The Labute approximate surface area is 666 Å². The Bertz CT molecular complexity index is 5730. The van der Waals surface area contributed by atoms with Crippen molar-refractivity contribution in [3.8, 4) is 72.1 Å². The molecule has 27 nitrogen and oxygen atoms in total. The number of hydrogen-bond donors (Lipinski definition) is 10. The van der Waals surface area contributed by atoms with Gasteiger partial charge in [0.2, 0.25) is 11.8 Å². The average Bonchev–Trinajstić information content (AvgIpc) is 1.48. The molecule has 112 heavy (non-hydrogen) atoms. The molecule has 4 aliphatic rings. The van der Waals surface area contributed by atoms with E-state index < -0.39 is 95.5 Å². The molecule has 1 fully saturated rings. The van der Waals surface area contributed by atoms with Crippen LogP contribution in [0.3, 0.4) is 0 Å². The molecule has 0 saturated carbocycles. The van der Waals surface area contributed by atoms with Gasteiger partial charge in [-0.25, -0.2) is 39.7 Å². The van der Waals surface area contributed by atoms with Crippen molar-refractivity contribution >= 4 is 132 Å². The van der Waals surface area contributed by atoms with E-state index in [-0.39, 0.29) is 93.0 Å². The normalized spacial score (nSPS) is 18.8. The van der Waals surface area contributed by atoms with Crippen molar-refractivity contribution < 1.29 is 68.6 Å². The van der Waals surface area contributed by atoms with E-state index in [9.17, 15) is 54.3 Å². The number of aromatic hydroxyl groups is 3. The zero-order chi connectivity index (χ0) is 78.0. The van der Waals surface area contributed by atoms with Crippen LogP contribution in [0.2, 0.25) is 0 Å². The highest BCUT2D eigenvalue weighted by atomic mass is 32.1. The number of phenolic OH excluding ortho intramolecular Hbond substituents is 3. The third-order valence-corrected chi connectivity index (χ3v) is 25.5. The molecule has 1 spiro atoms. The molecular formula is C78H63N13O14S7. The summed E-state index contributed by atoms with van der Waals surface area (Å²) in [5.74, 6) is -5.54. The minimum absolute atomic E-state index is 0.00595. The van der Waals surface area contributed by atoms with Crippen LogP contribution in [0.5, 0.6) is 28.7 Å². The number of primary amides is 1. The smallest absolute Gasteiger partial charge is 0.340 e. The summed E-state index contributed by atoms with van der Waals surface area (Å²) in [6.45, 7) is 3.59. The number of fused-ring (bicyclic) bond motifs is 22. The first-order valence-electron chi connectivity index (χ1n) is 35.0. The number of nitrogens with two attached hydrogens (primary N) is 1. The SMILES string of the molecule is Cc1sc2nc1C(=O)C[C@@H]([C@H](O)c1ccccc1)c1nc(cs1)C(=O)N[C@@H](Cc1ccc(O)cc1)C(=O)N1C[C@H](O)[C@H](C)[C@H]1c1nc(cs1)-c1nc(cs1)-c1nc(-c3nc(C(=O)NCCCC(=S)Nc4ccc5c(c4)C(=O)OC54c5ccc(O)cc5Oc5cc(O)ccc54)cs3)ccc1-c1nc(cs1)C(=O)N[C@H]2CC(N)=O. The van der Waals surface area contributed by atoms with Crippen LogP contribution in [0, 0.1) is 12.8 Å². The molecule has 11 heterocycles. The Hall–Kier alpha value is -11.5. The van der Waals surface area contributed by atoms with Crippen LogP contribution in [0.1, 0.15) is 157 Å². The number of aliphatic hydroxyl groups is 2. The molecular weight excluding hydrogens is 1570 g/mol. The van der Waals surface area contributed by atoms with Crippen molar-refractivity contribution in [2.24, 2.45) is 11.7 Å². The predicted molar refractivity (Wildman–Crippen MR) is 423 cm³/mol. The minimum Gasteiger partial charge on any atom is -0.508 e. The van der Waals surface area contributed by atoms with Gasteiger partial charge in [0.15, 0.2) is 11.4 Å². The summed E-state index contributed by atoms with van der Waals surface area (Å²) < 4.78 is 12.3.